The summed E-state index contributed by atoms with van der Waals surface area (Å²) in [6.45, 7) is 43.2. The zero-order valence-electron chi connectivity index (χ0n) is 52.6. The minimum absolute atomic E-state index is 0.393. The van der Waals surface area contributed by atoms with Crippen molar-refractivity contribution in [2.75, 3.05) is 85.1 Å². The number of ether oxygens (including phenoxy) is 1. The van der Waals surface area contributed by atoms with Gasteiger partial charge in [0.15, 0.2) is 0 Å². The molecule has 478 valence electrons. The number of phosphoric ester groups is 1. The number of hydrogen-bond acceptors (Lipinski definition) is 14. The van der Waals surface area contributed by atoms with Crippen molar-refractivity contribution in [2.24, 2.45) is 0 Å². The van der Waals surface area contributed by atoms with E-state index in [9.17, 15) is 48.0 Å². The van der Waals surface area contributed by atoms with E-state index < -0.39 is 59.4 Å². The maximum Gasteiger partial charge on any atom is 0.331 e. The molecule has 20 nitrogen and oxygen atoms in total. The number of unbranched alkanes of at least 4 members (excludes halogenated alkanes) is 12. The van der Waals surface area contributed by atoms with Crippen molar-refractivity contribution in [3.8, 4) is 0 Å². The molecule has 1 aromatic heterocycles. The van der Waals surface area contributed by atoms with Gasteiger partial charge in [-0.25, -0.2) is 9.11 Å². The van der Waals surface area contributed by atoms with E-state index in [2.05, 4.69) is 96.2 Å². The molecule has 2 heterocycles. The number of quaternary nitrogens is 4. The molecule has 6 N–H and O–H groups in total. The number of aliphatic hydroxyl groups is 1. The van der Waals surface area contributed by atoms with Crippen LogP contribution >= 0.6 is 23.5 Å². The molecular formula is C57H121N6O14P3. The smallest absolute Gasteiger partial charge is 0.331 e. The van der Waals surface area contributed by atoms with E-state index >= 15 is 0 Å². The summed E-state index contributed by atoms with van der Waals surface area (Å²) in [7, 11) is -18.0. The third kappa shape index (κ3) is 49.8. The molecule has 1 aliphatic rings. The zero-order valence-corrected chi connectivity index (χ0v) is 55.3. The van der Waals surface area contributed by atoms with Crippen LogP contribution in [0.3, 0.4) is 0 Å². The van der Waals surface area contributed by atoms with Crippen LogP contribution in [0.15, 0.2) is 33.7 Å². The molecule has 1 aromatic rings. The highest BCUT2D eigenvalue weighted by molar-refractivity contribution is 7.64. The van der Waals surface area contributed by atoms with Gasteiger partial charge in [0.05, 0.1) is 86.4 Å². The average Bonchev–Trinajstić information content (AvgIpc) is 3.78. The van der Waals surface area contributed by atoms with Crippen LogP contribution in [0.4, 0.5) is 0 Å². The molecule has 0 amide bonds. The number of aromatic nitrogens is 2. The fourth-order valence-electron chi connectivity index (χ4n) is 8.52. The highest BCUT2D eigenvalue weighted by atomic mass is 31.3. The van der Waals surface area contributed by atoms with Crippen molar-refractivity contribution >= 4 is 23.5 Å². The van der Waals surface area contributed by atoms with Gasteiger partial charge in [0.25, 0.3) is 21.2 Å². The van der Waals surface area contributed by atoms with Gasteiger partial charge in [-0.1, -0.05) is 160 Å². The summed E-state index contributed by atoms with van der Waals surface area (Å²) in [5, 5.41) is 9.85. The molecule has 80 heavy (non-hydrogen) atoms. The Balaban J connectivity index is -0.000000981. The predicted octanol–water partition coefficient (Wildman–Crippen LogP) is 5.21. The summed E-state index contributed by atoms with van der Waals surface area (Å²) >= 11 is 0. The highest BCUT2D eigenvalue weighted by Crippen LogP contribution is 2.60. The lowest BCUT2D eigenvalue weighted by atomic mass is 10.2. The van der Waals surface area contributed by atoms with Gasteiger partial charge < -0.3 is 58.1 Å². The van der Waals surface area contributed by atoms with Crippen molar-refractivity contribution in [1.29, 1.82) is 0 Å². The average molecular weight is 1210 g/mol. The van der Waals surface area contributed by atoms with Crippen LogP contribution < -0.4 is 50.4 Å². The molecule has 0 aliphatic carbocycles. The Kier molecular flexibility index (Phi) is 55.9. The second-order valence-electron chi connectivity index (χ2n) is 21.2. The quantitative estimate of drug-likeness (QED) is 0.0458. The van der Waals surface area contributed by atoms with Gasteiger partial charge in [-0.3, -0.25) is 27.8 Å². The molecule has 2 unspecified atom stereocenters. The normalized spacial score (nSPS) is 15.6. The Morgan fingerprint density at radius 3 is 1.00 bits per heavy atom. The molecule has 1 aliphatic heterocycles. The van der Waals surface area contributed by atoms with Crippen LogP contribution in [0.2, 0.25) is 0 Å². The minimum Gasteiger partial charge on any atom is -0.790 e. The molecule has 4 atom stereocenters. The van der Waals surface area contributed by atoms with Gasteiger partial charge >= 0.3 is 5.69 Å². The van der Waals surface area contributed by atoms with E-state index in [1.54, 1.807) is 0 Å². The van der Waals surface area contributed by atoms with E-state index in [1.165, 1.54) is 233 Å². The van der Waals surface area contributed by atoms with E-state index in [0.717, 1.165) is 22.9 Å². The molecule has 0 radical (unpaired) electrons. The second-order valence-corrected chi connectivity index (χ2v) is 25.4. The molecule has 0 aromatic carbocycles. The van der Waals surface area contributed by atoms with Crippen LogP contribution in [-0.2, 0) is 31.6 Å². The van der Waals surface area contributed by atoms with Gasteiger partial charge in [0.2, 0.25) is 6.23 Å². The number of hydrogen-bond donors (Lipinski definition) is 6. The van der Waals surface area contributed by atoms with Crippen molar-refractivity contribution in [1.82, 2.24) is 9.55 Å². The Morgan fingerprint density at radius 1 is 0.487 bits per heavy atom. The maximum atomic E-state index is 11.7. The van der Waals surface area contributed by atoms with Gasteiger partial charge in [0.1, 0.15) is 18.5 Å². The van der Waals surface area contributed by atoms with Crippen LogP contribution in [0, 0.1) is 0 Å². The van der Waals surface area contributed by atoms with E-state index in [1.807, 2.05) is 24.6 Å². The minimum atomic E-state index is -6.11. The fraction of sp³-hybridized carbons (Fsp3) is 0.895. The van der Waals surface area contributed by atoms with Crippen molar-refractivity contribution in [2.45, 2.75) is 250 Å². The maximum absolute atomic E-state index is 11.7. The van der Waals surface area contributed by atoms with Crippen LogP contribution in [0.1, 0.15) is 243 Å². The molecule has 0 saturated heterocycles. The zero-order chi connectivity index (χ0) is 61.1. The number of aromatic amines is 1. The lowest BCUT2D eigenvalue weighted by molar-refractivity contribution is -0.900. The van der Waals surface area contributed by atoms with E-state index in [-0.39, 0.29) is 0 Å². The molecular weight excluding hydrogens is 1090 g/mol. The standard InChI is InChI=1S/4C12H27N.C9H13N2O14P3/c4*1-4-7-10-13(11-8-5-2)12-9-6-3;12-6-3-5(23-8(6)11-2-1-7(13)10-9(11)14)4-22-27(18,19)25-28(20,21)24-26(15,16)17/h4*4-12H2,1-3H3;1-3,6,8,12H,4H2,(H,18,19)(H,20,21)(H,10,13,14)(H2,15,16,17)/t;;;;6-,8-/m....1/s1. The molecule has 0 bridgehead atoms. The Labute approximate surface area is 486 Å². The first-order valence-electron chi connectivity index (χ1n) is 31.5. The molecule has 23 heteroatoms. The van der Waals surface area contributed by atoms with Crippen LogP contribution in [0.25, 0.3) is 0 Å². The van der Waals surface area contributed by atoms with Crippen LogP contribution in [-0.4, -0.2) is 106 Å². The van der Waals surface area contributed by atoms with Crippen LogP contribution in [0.5, 0.6) is 0 Å². The summed E-state index contributed by atoms with van der Waals surface area (Å²) in [5.74, 6) is -0.393. The summed E-state index contributed by atoms with van der Waals surface area (Å²) in [5.41, 5.74) is -1.67. The van der Waals surface area contributed by atoms with E-state index in [0.29, 0.717) is 0 Å². The highest BCUT2D eigenvalue weighted by Gasteiger charge is 2.31. The number of H-pyrrole nitrogens is 1. The number of aliphatic hydroxyl groups excluding tert-OH is 1. The summed E-state index contributed by atoms with van der Waals surface area (Å²) in [6, 6.07) is 0.947. The van der Waals surface area contributed by atoms with Crippen molar-refractivity contribution in [3.63, 3.8) is 0 Å². The first-order chi connectivity index (χ1) is 38.1. The van der Waals surface area contributed by atoms with E-state index in [4.69, 9.17) is 4.74 Å². The second kappa shape index (κ2) is 54.1. The van der Waals surface area contributed by atoms with Gasteiger partial charge in [-0.2, -0.15) is 0 Å². The topological polar surface area (TPSA) is 273 Å². The monoisotopic (exact) mass is 1210 g/mol. The van der Waals surface area contributed by atoms with Gasteiger partial charge in [-0.05, 0) is 83.1 Å². The number of nitrogens with one attached hydrogen (secondary N) is 5. The third-order valence-corrected chi connectivity index (χ3v) is 17.1. The number of rotatable bonds is 44. The lowest BCUT2D eigenvalue weighted by Gasteiger charge is -2.37. The Morgan fingerprint density at radius 2 is 0.762 bits per heavy atom. The molecule has 2 rings (SSSR count). The Bertz CT molecular complexity index is 1690. The largest absolute Gasteiger partial charge is 0.790 e. The fourth-order valence-corrected chi connectivity index (χ4v) is 11.3. The summed E-state index contributed by atoms with van der Waals surface area (Å²) in [6.07, 6.45) is 32.0. The SMILES string of the molecule is CCCC[NH+](CCCC)CCCC.CCCC[NH+](CCCC)CCCC.CCCC[NH+](CCCC)CCCC.CCCC[NH+](CCCC)CCCC.O=c1ccn([C@@H]2OC(COP(=O)([O-])OP(=O)([O-])OP(=O)([O-])[O-])=C[C@H]2O)c(=O)[nH]1. The molecule has 0 spiro atoms. The van der Waals surface area contributed by atoms with Gasteiger partial charge in [-0.15, -0.1) is 0 Å². The number of nitrogens with zero attached hydrogens (tertiary/aromatic N) is 1. The first kappa shape index (κ1) is 82.6. The number of phosphoric acid groups is 3. The Hall–Kier alpha value is -1.57. The van der Waals surface area contributed by atoms with Crippen molar-refractivity contribution < 1.29 is 75.9 Å². The molecule has 0 saturated carbocycles. The first-order valence-corrected chi connectivity index (χ1v) is 35.9. The van der Waals surface area contributed by atoms with Crippen molar-refractivity contribution in [3.05, 3.63) is 44.9 Å². The summed E-state index contributed by atoms with van der Waals surface area (Å²) in [4.78, 5) is 74.8. The summed E-state index contributed by atoms with van der Waals surface area (Å²) < 4.78 is 49.0. The van der Waals surface area contributed by atoms with Gasteiger partial charge in [0, 0.05) is 12.3 Å². The third-order valence-electron chi connectivity index (χ3n) is 13.4. The molecule has 0 fully saturated rings. The lowest BCUT2D eigenvalue weighted by Crippen LogP contribution is -3.12. The predicted molar refractivity (Wildman–Crippen MR) is 318 cm³/mol.